The number of carbonyl (C=O) groups is 2. The van der Waals surface area contributed by atoms with Crippen molar-refractivity contribution >= 4 is 17.7 Å². The van der Waals surface area contributed by atoms with Crippen LogP contribution in [0.3, 0.4) is 0 Å². The molecule has 1 atom stereocenters. The van der Waals surface area contributed by atoms with Gasteiger partial charge in [-0.05, 0) is 25.1 Å². The second kappa shape index (κ2) is 5.68. The van der Waals surface area contributed by atoms with Crippen molar-refractivity contribution < 1.29 is 19.1 Å². The lowest BCUT2D eigenvalue weighted by atomic mass is 10.2. The number of benzene rings is 1. The highest BCUT2D eigenvalue weighted by Gasteiger charge is 2.13. The molecule has 2 amide bonds. The molecule has 0 aliphatic heterocycles. The average Bonchev–Trinajstić information content (AvgIpc) is 2.28. The van der Waals surface area contributed by atoms with Gasteiger partial charge in [0.2, 0.25) is 0 Å². The van der Waals surface area contributed by atoms with Crippen molar-refractivity contribution in [3.8, 4) is 12.3 Å². The molecule has 5 nitrogen and oxygen atoms in total. The number of carbonyl (C=O) groups excluding carboxylic acids is 1. The van der Waals surface area contributed by atoms with Crippen LogP contribution in [0.2, 0.25) is 0 Å². The molecule has 0 bridgehead atoms. The first-order valence-electron chi connectivity index (χ1n) is 5.00. The number of hydrogen-bond donors (Lipinski definition) is 3. The quantitative estimate of drug-likeness (QED) is 0.714. The van der Waals surface area contributed by atoms with Crippen molar-refractivity contribution in [2.75, 3.05) is 5.32 Å². The molecule has 94 valence electrons. The predicted molar refractivity (Wildman–Crippen MR) is 63.8 cm³/mol. The Morgan fingerprint density at radius 3 is 2.72 bits per heavy atom. The summed E-state index contributed by atoms with van der Waals surface area (Å²) in [4.78, 5) is 22.3. The molecule has 0 aliphatic carbocycles. The molecule has 0 aromatic heterocycles. The first kappa shape index (κ1) is 13.5. The van der Waals surface area contributed by atoms with E-state index in [1.54, 1.807) is 6.92 Å². The number of halogens is 1. The van der Waals surface area contributed by atoms with Gasteiger partial charge in [0, 0.05) is 0 Å². The standard InChI is InChI=1S/C12H11FN2O3/c1-3-7(2)14-12(18)15-10-6-8(13)4-5-9(10)11(16)17/h1,4-7H,2H3,(H,16,17)(H2,14,15,18). The van der Waals surface area contributed by atoms with E-state index in [0.717, 1.165) is 18.2 Å². The minimum absolute atomic E-state index is 0.135. The molecule has 1 aromatic carbocycles. The van der Waals surface area contributed by atoms with E-state index >= 15 is 0 Å². The highest BCUT2D eigenvalue weighted by atomic mass is 19.1. The molecule has 0 saturated carbocycles. The molecule has 0 spiro atoms. The number of carboxylic acid groups (broad SMARTS) is 1. The van der Waals surface area contributed by atoms with E-state index in [1.807, 2.05) is 0 Å². The molecule has 18 heavy (non-hydrogen) atoms. The molecular weight excluding hydrogens is 239 g/mol. The Labute approximate surface area is 103 Å². The summed E-state index contributed by atoms with van der Waals surface area (Å²) in [5.74, 6) is 0.347. The maximum atomic E-state index is 13.0. The Balaban J connectivity index is 2.90. The van der Waals surface area contributed by atoms with Gasteiger partial charge in [0.05, 0.1) is 17.3 Å². The average molecular weight is 250 g/mol. The predicted octanol–water partition coefficient (Wildman–Crippen LogP) is 1.67. The van der Waals surface area contributed by atoms with E-state index in [4.69, 9.17) is 11.5 Å². The molecule has 3 N–H and O–H groups in total. The van der Waals surface area contributed by atoms with E-state index in [0.29, 0.717) is 0 Å². The number of rotatable bonds is 3. The minimum Gasteiger partial charge on any atom is -0.478 e. The van der Waals surface area contributed by atoms with Crippen LogP contribution in [0.5, 0.6) is 0 Å². The Morgan fingerprint density at radius 2 is 2.17 bits per heavy atom. The summed E-state index contributed by atoms with van der Waals surface area (Å²) in [6.45, 7) is 1.57. The number of hydrogen-bond acceptors (Lipinski definition) is 2. The monoisotopic (exact) mass is 250 g/mol. The normalized spacial score (nSPS) is 11.2. The van der Waals surface area contributed by atoms with Crippen LogP contribution in [0.1, 0.15) is 17.3 Å². The lowest BCUT2D eigenvalue weighted by molar-refractivity contribution is 0.0698. The number of terminal acetylenes is 1. The zero-order valence-electron chi connectivity index (χ0n) is 9.53. The van der Waals surface area contributed by atoms with Crippen LogP contribution < -0.4 is 10.6 Å². The minimum atomic E-state index is -1.27. The van der Waals surface area contributed by atoms with Gasteiger partial charge in [-0.3, -0.25) is 0 Å². The maximum absolute atomic E-state index is 13.0. The van der Waals surface area contributed by atoms with Crippen molar-refractivity contribution in [2.24, 2.45) is 0 Å². The summed E-state index contributed by atoms with van der Waals surface area (Å²) in [6.07, 6.45) is 5.07. The van der Waals surface area contributed by atoms with E-state index in [1.165, 1.54) is 0 Å². The number of carboxylic acids is 1. The fraction of sp³-hybridized carbons (Fsp3) is 0.167. The number of nitrogens with one attached hydrogen (secondary N) is 2. The Bertz CT molecular complexity index is 523. The van der Waals surface area contributed by atoms with Crippen LogP contribution in [0.25, 0.3) is 0 Å². The number of aromatic carboxylic acids is 1. The van der Waals surface area contributed by atoms with E-state index in [-0.39, 0.29) is 11.3 Å². The van der Waals surface area contributed by atoms with Gasteiger partial charge < -0.3 is 15.7 Å². The summed E-state index contributed by atoms with van der Waals surface area (Å²) in [5.41, 5.74) is -0.343. The first-order chi connectivity index (χ1) is 8.43. The molecule has 1 aromatic rings. The topological polar surface area (TPSA) is 78.4 Å². The van der Waals surface area contributed by atoms with E-state index in [2.05, 4.69) is 16.6 Å². The summed E-state index contributed by atoms with van der Waals surface area (Å²) < 4.78 is 13.0. The lowest BCUT2D eigenvalue weighted by Crippen LogP contribution is -2.35. The first-order valence-corrected chi connectivity index (χ1v) is 5.00. The largest absolute Gasteiger partial charge is 0.478 e. The summed E-state index contributed by atoms with van der Waals surface area (Å²) in [7, 11) is 0. The molecule has 0 saturated heterocycles. The van der Waals surface area contributed by atoms with Gasteiger partial charge in [-0.25, -0.2) is 14.0 Å². The van der Waals surface area contributed by atoms with Crippen LogP contribution >= 0.6 is 0 Å². The van der Waals surface area contributed by atoms with Crippen molar-refractivity contribution in [3.05, 3.63) is 29.6 Å². The molecule has 1 rings (SSSR count). The zero-order valence-corrected chi connectivity index (χ0v) is 9.53. The molecule has 6 heteroatoms. The van der Waals surface area contributed by atoms with Crippen LogP contribution in [0.4, 0.5) is 14.9 Å². The molecule has 1 unspecified atom stereocenters. The third-order valence-electron chi connectivity index (χ3n) is 2.06. The number of anilines is 1. The maximum Gasteiger partial charge on any atom is 0.337 e. The van der Waals surface area contributed by atoms with Gasteiger partial charge in [0.1, 0.15) is 5.82 Å². The SMILES string of the molecule is C#CC(C)NC(=O)Nc1cc(F)ccc1C(=O)O. The van der Waals surface area contributed by atoms with Crippen LogP contribution in [-0.4, -0.2) is 23.1 Å². The molecule has 0 heterocycles. The molecule has 0 aliphatic rings. The zero-order chi connectivity index (χ0) is 13.7. The number of amides is 2. The molecular formula is C12H11FN2O3. The van der Waals surface area contributed by atoms with Gasteiger partial charge in [-0.1, -0.05) is 5.92 Å². The van der Waals surface area contributed by atoms with Crippen molar-refractivity contribution in [2.45, 2.75) is 13.0 Å². The summed E-state index contributed by atoms with van der Waals surface area (Å²) in [6, 6.07) is 1.76. The number of urea groups is 1. The van der Waals surface area contributed by atoms with Crippen molar-refractivity contribution in [1.29, 1.82) is 0 Å². The Hall–Kier alpha value is -2.55. The highest BCUT2D eigenvalue weighted by Crippen LogP contribution is 2.17. The lowest BCUT2D eigenvalue weighted by Gasteiger charge is -2.11. The van der Waals surface area contributed by atoms with Crippen molar-refractivity contribution in [3.63, 3.8) is 0 Å². The highest BCUT2D eigenvalue weighted by molar-refractivity contribution is 6.00. The molecule has 0 radical (unpaired) electrons. The van der Waals surface area contributed by atoms with Crippen LogP contribution in [0.15, 0.2) is 18.2 Å². The van der Waals surface area contributed by atoms with Crippen LogP contribution in [0, 0.1) is 18.2 Å². The van der Waals surface area contributed by atoms with Gasteiger partial charge >= 0.3 is 12.0 Å². The van der Waals surface area contributed by atoms with Crippen LogP contribution in [-0.2, 0) is 0 Å². The third kappa shape index (κ3) is 3.49. The Morgan fingerprint density at radius 1 is 1.50 bits per heavy atom. The smallest absolute Gasteiger partial charge is 0.337 e. The summed E-state index contributed by atoms with van der Waals surface area (Å²) in [5, 5.41) is 13.5. The van der Waals surface area contributed by atoms with E-state index in [9.17, 15) is 14.0 Å². The fourth-order valence-corrected chi connectivity index (χ4v) is 1.20. The summed E-state index contributed by atoms with van der Waals surface area (Å²) >= 11 is 0. The van der Waals surface area contributed by atoms with Gasteiger partial charge in [0.25, 0.3) is 0 Å². The second-order valence-corrected chi connectivity index (χ2v) is 3.48. The Kier molecular flexibility index (Phi) is 4.27. The van der Waals surface area contributed by atoms with Crippen molar-refractivity contribution in [1.82, 2.24) is 5.32 Å². The molecule has 0 fully saturated rings. The third-order valence-corrected chi connectivity index (χ3v) is 2.06. The van der Waals surface area contributed by atoms with Gasteiger partial charge in [0.15, 0.2) is 0 Å². The van der Waals surface area contributed by atoms with Gasteiger partial charge in [-0.15, -0.1) is 6.42 Å². The fourth-order valence-electron chi connectivity index (χ4n) is 1.20. The second-order valence-electron chi connectivity index (χ2n) is 3.48. The van der Waals surface area contributed by atoms with E-state index < -0.39 is 23.9 Å². The van der Waals surface area contributed by atoms with Gasteiger partial charge in [-0.2, -0.15) is 0 Å².